The van der Waals surface area contributed by atoms with Crippen LogP contribution in [-0.2, 0) is 0 Å². The molecule has 1 fully saturated rings. The van der Waals surface area contributed by atoms with Crippen molar-refractivity contribution in [1.29, 1.82) is 0 Å². The number of aliphatic hydroxyl groups excluding tert-OH is 1. The molecule has 2 aliphatic carbocycles. The van der Waals surface area contributed by atoms with Gasteiger partial charge in [0.05, 0.1) is 6.10 Å². The van der Waals surface area contributed by atoms with Gasteiger partial charge in [-0.2, -0.15) is 0 Å². The highest BCUT2D eigenvalue weighted by molar-refractivity contribution is 5.16. The molecule has 50 valence electrons. The molecule has 1 N–H and O–H groups in total. The van der Waals surface area contributed by atoms with Crippen LogP contribution in [0.15, 0.2) is 12.2 Å². The lowest BCUT2D eigenvalue weighted by atomic mass is 9.61. The molecule has 1 saturated carbocycles. The van der Waals surface area contributed by atoms with Gasteiger partial charge in [0.2, 0.25) is 0 Å². The molecule has 0 aromatic rings. The van der Waals surface area contributed by atoms with Gasteiger partial charge in [-0.3, -0.25) is 0 Å². The number of fused-ring (bicyclic) bond motifs is 1. The van der Waals surface area contributed by atoms with E-state index in [2.05, 4.69) is 19.1 Å². The SMILES string of the molecule is C[C@]12CC=C[C@H]1[C@@H](O)C2. The first kappa shape index (κ1) is 5.48. The largest absolute Gasteiger partial charge is 0.392 e. The topological polar surface area (TPSA) is 20.2 Å². The highest BCUT2D eigenvalue weighted by Gasteiger charge is 2.49. The number of rotatable bonds is 0. The third kappa shape index (κ3) is 0.531. The van der Waals surface area contributed by atoms with E-state index >= 15 is 0 Å². The lowest BCUT2D eigenvalue weighted by Crippen LogP contribution is -2.46. The van der Waals surface area contributed by atoms with Gasteiger partial charge in [-0.15, -0.1) is 0 Å². The van der Waals surface area contributed by atoms with E-state index in [-0.39, 0.29) is 6.10 Å². The molecule has 0 aromatic heterocycles. The monoisotopic (exact) mass is 124 g/mol. The molecule has 0 unspecified atom stereocenters. The van der Waals surface area contributed by atoms with E-state index in [4.69, 9.17) is 0 Å². The summed E-state index contributed by atoms with van der Waals surface area (Å²) in [5.74, 6) is 0.484. The van der Waals surface area contributed by atoms with Gasteiger partial charge >= 0.3 is 0 Å². The maximum Gasteiger partial charge on any atom is 0.0613 e. The Morgan fingerprint density at radius 3 is 2.89 bits per heavy atom. The Labute approximate surface area is 55.4 Å². The first-order valence-electron chi connectivity index (χ1n) is 3.57. The van der Waals surface area contributed by atoms with Crippen LogP contribution >= 0.6 is 0 Å². The van der Waals surface area contributed by atoms with Crippen molar-refractivity contribution in [2.45, 2.75) is 25.9 Å². The van der Waals surface area contributed by atoms with Crippen LogP contribution in [0.2, 0.25) is 0 Å². The first-order chi connectivity index (χ1) is 4.22. The summed E-state index contributed by atoms with van der Waals surface area (Å²) in [5, 5.41) is 9.23. The predicted molar refractivity (Wildman–Crippen MR) is 36.0 cm³/mol. The third-order valence-electron chi connectivity index (χ3n) is 2.82. The van der Waals surface area contributed by atoms with E-state index < -0.39 is 0 Å². The van der Waals surface area contributed by atoms with Crippen molar-refractivity contribution in [3.05, 3.63) is 12.2 Å². The number of allylic oxidation sites excluding steroid dienone is 1. The van der Waals surface area contributed by atoms with Crippen molar-refractivity contribution in [2.24, 2.45) is 11.3 Å². The second kappa shape index (κ2) is 1.40. The zero-order valence-electron chi connectivity index (χ0n) is 5.67. The lowest BCUT2D eigenvalue weighted by Gasteiger charge is -2.46. The van der Waals surface area contributed by atoms with Crippen LogP contribution in [0.4, 0.5) is 0 Å². The van der Waals surface area contributed by atoms with E-state index in [9.17, 15) is 5.11 Å². The van der Waals surface area contributed by atoms with Crippen molar-refractivity contribution < 1.29 is 5.11 Å². The van der Waals surface area contributed by atoms with Crippen LogP contribution in [0.5, 0.6) is 0 Å². The van der Waals surface area contributed by atoms with Crippen molar-refractivity contribution in [3.63, 3.8) is 0 Å². The van der Waals surface area contributed by atoms with Crippen LogP contribution in [0.1, 0.15) is 19.8 Å². The molecular formula is C8H12O. The molecule has 2 rings (SSSR count). The fourth-order valence-corrected chi connectivity index (χ4v) is 2.11. The molecule has 3 atom stereocenters. The van der Waals surface area contributed by atoms with Crippen molar-refractivity contribution in [3.8, 4) is 0 Å². The Morgan fingerprint density at radius 1 is 1.67 bits per heavy atom. The number of hydrogen-bond acceptors (Lipinski definition) is 1. The Balaban J connectivity index is 2.19. The van der Waals surface area contributed by atoms with E-state index in [1.807, 2.05) is 0 Å². The van der Waals surface area contributed by atoms with Gasteiger partial charge in [-0.25, -0.2) is 0 Å². The predicted octanol–water partition coefficient (Wildman–Crippen LogP) is 1.33. The molecule has 0 spiro atoms. The fourth-order valence-electron chi connectivity index (χ4n) is 2.11. The van der Waals surface area contributed by atoms with Crippen molar-refractivity contribution in [2.75, 3.05) is 0 Å². The summed E-state index contributed by atoms with van der Waals surface area (Å²) in [5.41, 5.74) is 0.444. The molecule has 0 amide bonds. The molecule has 1 heteroatoms. The van der Waals surface area contributed by atoms with Crippen molar-refractivity contribution >= 4 is 0 Å². The van der Waals surface area contributed by atoms with E-state index in [1.54, 1.807) is 0 Å². The standard InChI is InChI=1S/C8H12O/c1-8-4-2-3-6(8)7(9)5-8/h2-3,6-7,9H,4-5H2,1H3/t6-,7-,8+/m0/s1. The molecule has 0 saturated heterocycles. The van der Waals surface area contributed by atoms with Crippen molar-refractivity contribution in [1.82, 2.24) is 0 Å². The average molecular weight is 124 g/mol. The molecule has 0 aromatic carbocycles. The number of hydrogen-bond donors (Lipinski definition) is 1. The fraction of sp³-hybridized carbons (Fsp3) is 0.750. The number of aliphatic hydroxyl groups is 1. The molecule has 0 aliphatic heterocycles. The van der Waals surface area contributed by atoms with Gasteiger partial charge in [0.25, 0.3) is 0 Å². The first-order valence-corrected chi connectivity index (χ1v) is 3.57. The zero-order valence-corrected chi connectivity index (χ0v) is 5.67. The summed E-state index contributed by atoms with van der Waals surface area (Å²) in [7, 11) is 0. The maximum atomic E-state index is 9.23. The summed E-state index contributed by atoms with van der Waals surface area (Å²) in [6.07, 6.45) is 6.50. The highest BCUT2D eigenvalue weighted by Crippen LogP contribution is 2.53. The third-order valence-corrected chi connectivity index (χ3v) is 2.82. The van der Waals surface area contributed by atoms with Crippen LogP contribution in [0.25, 0.3) is 0 Å². The minimum atomic E-state index is -0.0336. The van der Waals surface area contributed by atoms with Gasteiger partial charge in [-0.05, 0) is 18.3 Å². The summed E-state index contributed by atoms with van der Waals surface area (Å²) < 4.78 is 0. The second-order valence-electron chi connectivity index (χ2n) is 3.58. The molecule has 1 nitrogen and oxygen atoms in total. The molecule has 0 heterocycles. The summed E-state index contributed by atoms with van der Waals surface area (Å²) >= 11 is 0. The van der Waals surface area contributed by atoms with E-state index in [0.717, 1.165) is 6.42 Å². The van der Waals surface area contributed by atoms with E-state index in [1.165, 1.54) is 6.42 Å². The van der Waals surface area contributed by atoms with Crippen LogP contribution in [-0.4, -0.2) is 11.2 Å². The van der Waals surface area contributed by atoms with Crippen LogP contribution < -0.4 is 0 Å². The second-order valence-corrected chi connectivity index (χ2v) is 3.58. The lowest BCUT2D eigenvalue weighted by molar-refractivity contribution is -0.0606. The summed E-state index contributed by atoms with van der Waals surface area (Å²) in [6.45, 7) is 2.25. The summed E-state index contributed by atoms with van der Waals surface area (Å²) in [6, 6.07) is 0. The van der Waals surface area contributed by atoms with Gasteiger partial charge in [-0.1, -0.05) is 19.1 Å². The molecule has 0 bridgehead atoms. The van der Waals surface area contributed by atoms with Crippen LogP contribution in [0.3, 0.4) is 0 Å². The van der Waals surface area contributed by atoms with Crippen LogP contribution in [0, 0.1) is 11.3 Å². The normalized spacial score (nSPS) is 54.9. The van der Waals surface area contributed by atoms with E-state index in [0.29, 0.717) is 11.3 Å². The van der Waals surface area contributed by atoms with Gasteiger partial charge in [0, 0.05) is 5.92 Å². The Hall–Kier alpha value is -0.300. The maximum absolute atomic E-state index is 9.23. The Bertz CT molecular complexity index is 162. The molecule has 2 aliphatic rings. The van der Waals surface area contributed by atoms with Gasteiger partial charge in [0.1, 0.15) is 0 Å². The minimum absolute atomic E-state index is 0.0336. The summed E-state index contributed by atoms with van der Waals surface area (Å²) in [4.78, 5) is 0. The zero-order chi connectivity index (χ0) is 6.48. The molecule has 0 radical (unpaired) electrons. The smallest absolute Gasteiger partial charge is 0.0613 e. The average Bonchev–Trinajstić information content (AvgIpc) is 2.06. The van der Waals surface area contributed by atoms with Gasteiger partial charge < -0.3 is 5.11 Å². The minimum Gasteiger partial charge on any atom is -0.392 e. The highest BCUT2D eigenvalue weighted by atomic mass is 16.3. The Kier molecular flexibility index (Phi) is 0.854. The van der Waals surface area contributed by atoms with Gasteiger partial charge in [0.15, 0.2) is 0 Å². The molecule has 9 heavy (non-hydrogen) atoms. The molecular weight excluding hydrogens is 112 g/mol. The quantitative estimate of drug-likeness (QED) is 0.483. The Morgan fingerprint density at radius 2 is 2.44 bits per heavy atom.